The Morgan fingerprint density at radius 2 is 1.43 bits per heavy atom. The monoisotopic (exact) mass is 595 g/mol. The van der Waals surface area contributed by atoms with Gasteiger partial charge in [-0.05, 0) is 72.3 Å². The second-order valence-corrected chi connectivity index (χ2v) is 9.39. The first-order valence-electron chi connectivity index (χ1n) is 12.0. The smallest absolute Gasteiger partial charge is 0.276 e. The molecule has 8 nitrogen and oxygen atoms in total. The fourth-order valence-corrected chi connectivity index (χ4v) is 3.90. The van der Waals surface area contributed by atoms with E-state index in [1.54, 1.807) is 66.7 Å². The van der Waals surface area contributed by atoms with Crippen LogP contribution in [0.2, 0.25) is 0 Å². The van der Waals surface area contributed by atoms with Gasteiger partial charge in [0.2, 0.25) is 0 Å². The Kier molecular flexibility index (Phi) is 9.11. The topological polar surface area (TPSA) is 118 Å². The second kappa shape index (κ2) is 13.1. The fraction of sp³-hybridized carbons (Fsp3) is 0. The number of anilines is 1. The van der Waals surface area contributed by atoms with Crippen LogP contribution in [0.25, 0.3) is 12.2 Å². The van der Waals surface area contributed by atoms with Crippen LogP contribution in [0.5, 0.6) is 0 Å². The predicted octanol–water partition coefficient (Wildman–Crippen LogP) is 6.66. The lowest BCUT2D eigenvalue weighted by atomic mass is 10.1. The summed E-state index contributed by atoms with van der Waals surface area (Å²) in [6, 6.07) is 27.9. The van der Waals surface area contributed by atoms with E-state index in [4.69, 9.17) is 0 Å². The van der Waals surface area contributed by atoms with Crippen molar-refractivity contribution in [2.24, 2.45) is 0 Å². The Hall–Kier alpha value is -5.15. The molecule has 0 aliphatic rings. The highest BCUT2D eigenvalue weighted by atomic mass is 79.9. The Morgan fingerprint density at radius 1 is 0.775 bits per heavy atom. The van der Waals surface area contributed by atoms with Crippen LogP contribution in [0, 0.1) is 10.1 Å². The number of benzene rings is 4. The molecule has 40 heavy (non-hydrogen) atoms. The van der Waals surface area contributed by atoms with Gasteiger partial charge in [-0.3, -0.25) is 24.5 Å². The van der Waals surface area contributed by atoms with Gasteiger partial charge in [0.15, 0.2) is 5.78 Å². The SMILES string of the molecule is O=C(Nc1ccc(C(=O)/C=C/c2ccc(Br)cc2)cc1)/C(=C/c1ccccc1[N+](=O)[O-])NC(=O)c1ccccc1. The third-order valence-corrected chi connectivity index (χ3v) is 6.22. The third-order valence-electron chi connectivity index (χ3n) is 5.69. The molecule has 0 fully saturated rings. The standard InChI is InChI=1S/C31H22BrN3O5/c32-25-15-10-21(11-16-25)12-19-29(36)22-13-17-26(18-14-22)33-31(38)27(34-30(37)23-6-2-1-3-7-23)20-24-8-4-5-9-28(24)35(39)40/h1-20H,(H,33,38)(H,34,37)/b19-12+,27-20-. The predicted molar refractivity (Wildman–Crippen MR) is 158 cm³/mol. The van der Waals surface area contributed by atoms with Crippen LogP contribution in [0.1, 0.15) is 31.8 Å². The van der Waals surface area contributed by atoms with Gasteiger partial charge in [0.25, 0.3) is 17.5 Å². The van der Waals surface area contributed by atoms with E-state index in [0.717, 1.165) is 10.0 Å². The molecule has 0 aromatic heterocycles. The van der Waals surface area contributed by atoms with Gasteiger partial charge in [-0.15, -0.1) is 0 Å². The number of halogens is 1. The van der Waals surface area contributed by atoms with Gasteiger partial charge in [-0.2, -0.15) is 0 Å². The van der Waals surface area contributed by atoms with Crippen molar-refractivity contribution in [2.45, 2.75) is 0 Å². The van der Waals surface area contributed by atoms with Gasteiger partial charge in [0.1, 0.15) is 5.70 Å². The number of para-hydroxylation sites is 1. The average molecular weight is 596 g/mol. The Labute approximate surface area is 238 Å². The molecule has 2 N–H and O–H groups in total. The third kappa shape index (κ3) is 7.46. The number of amides is 2. The highest BCUT2D eigenvalue weighted by Crippen LogP contribution is 2.21. The summed E-state index contributed by atoms with van der Waals surface area (Å²) in [7, 11) is 0. The lowest BCUT2D eigenvalue weighted by Gasteiger charge is -2.12. The highest BCUT2D eigenvalue weighted by molar-refractivity contribution is 9.10. The normalized spacial score (nSPS) is 11.2. The lowest BCUT2D eigenvalue weighted by molar-refractivity contribution is -0.385. The zero-order valence-corrected chi connectivity index (χ0v) is 22.5. The second-order valence-electron chi connectivity index (χ2n) is 8.47. The molecule has 0 radical (unpaired) electrons. The summed E-state index contributed by atoms with van der Waals surface area (Å²) in [5.74, 6) is -1.47. The summed E-state index contributed by atoms with van der Waals surface area (Å²) in [6.45, 7) is 0. The van der Waals surface area contributed by atoms with Crippen LogP contribution in [0.3, 0.4) is 0 Å². The van der Waals surface area contributed by atoms with Crippen LogP contribution >= 0.6 is 15.9 Å². The van der Waals surface area contributed by atoms with Crippen molar-refractivity contribution < 1.29 is 19.3 Å². The first kappa shape index (κ1) is 27.9. The summed E-state index contributed by atoms with van der Waals surface area (Å²) in [5, 5.41) is 16.7. The molecule has 0 bridgehead atoms. The maximum atomic E-state index is 13.2. The number of rotatable bonds is 9. The molecule has 4 rings (SSSR count). The number of allylic oxidation sites excluding steroid dienone is 1. The largest absolute Gasteiger partial charge is 0.321 e. The van der Waals surface area contributed by atoms with Gasteiger partial charge in [-0.1, -0.05) is 64.5 Å². The molecule has 0 saturated carbocycles. The van der Waals surface area contributed by atoms with Gasteiger partial charge in [0.05, 0.1) is 10.5 Å². The van der Waals surface area contributed by atoms with Crippen molar-refractivity contribution in [3.8, 4) is 0 Å². The molecule has 0 aliphatic carbocycles. The van der Waals surface area contributed by atoms with Crippen LogP contribution in [0.4, 0.5) is 11.4 Å². The molecule has 0 atom stereocenters. The first-order chi connectivity index (χ1) is 19.3. The maximum Gasteiger partial charge on any atom is 0.276 e. The number of nitrogens with zero attached hydrogens (tertiary/aromatic N) is 1. The first-order valence-corrected chi connectivity index (χ1v) is 12.8. The van der Waals surface area contributed by atoms with Crippen molar-refractivity contribution >= 4 is 57.1 Å². The molecule has 0 saturated heterocycles. The molecule has 0 heterocycles. The number of nitro groups is 1. The van der Waals surface area contributed by atoms with Crippen LogP contribution < -0.4 is 10.6 Å². The van der Waals surface area contributed by atoms with E-state index in [2.05, 4.69) is 26.6 Å². The minimum absolute atomic E-state index is 0.143. The molecular weight excluding hydrogens is 574 g/mol. The van der Waals surface area contributed by atoms with E-state index in [1.165, 1.54) is 30.4 Å². The number of carbonyl (C=O) groups is 3. The van der Waals surface area contributed by atoms with Gasteiger partial charge in [-0.25, -0.2) is 0 Å². The fourth-order valence-electron chi connectivity index (χ4n) is 3.63. The van der Waals surface area contributed by atoms with E-state index < -0.39 is 16.7 Å². The van der Waals surface area contributed by atoms with E-state index in [0.29, 0.717) is 16.8 Å². The molecule has 2 amide bonds. The highest BCUT2D eigenvalue weighted by Gasteiger charge is 2.18. The Morgan fingerprint density at radius 3 is 2.10 bits per heavy atom. The Balaban J connectivity index is 1.54. The van der Waals surface area contributed by atoms with Crippen LogP contribution in [-0.2, 0) is 4.79 Å². The van der Waals surface area contributed by atoms with Gasteiger partial charge >= 0.3 is 0 Å². The summed E-state index contributed by atoms with van der Waals surface area (Å²) in [4.78, 5) is 49.5. The molecule has 4 aromatic carbocycles. The van der Waals surface area contributed by atoms with Crippen molar-refractivity contribution in [1.82, 2.24) is 5.32 Å². The molecule has 9 heteroatoms. The number of hydrogen-bond donors (Lipinski definition) is 2. The maximum absolute atomic E-state index is 13.2. The van der Waals surface area contributed by atoms with Gasteiger partial charge in [0, 0.05) is 27.4 Å². The van der Waals surface area contributed by atoms with E-state index in [9.17, 15) is 24.5 Å². The minimum Gasteiger partial charge on any atom is -0.321 e. The number of nitro benzene ring substituents is 1. The summed E-state index contributed by atoms with van der Waals surface area (Å²) >= 11 is 3.37. The molecule has 0 unspecified atom stereocenters. The molecular formula is C31H22BrN3O5. The number of nitrogens with one attached hydrogen (secondary N) is 2. The summed E-state index contributed by atoms with van der Waals surface area (Å²) in [6.07, 6.45) is 4.42. The van der Waals surface area contributed by atoms with E-state index >= 15 is 0 Å². The van der Waals surface area contributed by atoms with E-state index in [-0.39, 0.29) is 22.7 Å². The van der Waals surface area contributed by atoms with Crippen LogP contribution in [-0.4, -0.2) is 22.5 Å². The van der Waals surface area contributed by atoms with Crippen molar-refractivity contribution in [1.29, 1.82) is 0 Å². The van der Waals surface area contributed by atoms with Crippen molar-refractivity contribution in [3.63, 3.8) is 0 Å². The van der Waals surface area contributed by atoms with E-state index in [1.807, 2.05) is 24.3 Å². The number of hydrogen-bond acceptors (Lipinski definition) is 5. The minimum atomic E-state index is -0.698. The van der Waals surface area contributed by atoms with Crippen molar-refractivity contribution in [3.05, 3.63) is 152 Å². The quantitative estimate of drug-likeness (QED) is 0.0970. The molecule has 0 spiro atoms. The zero-order chi connectivity index (χ0) is 28.5. The average Bonchev–Trinajstić information content (AvgIpc) is 2.97. The summed E-state index contributed by atoms with van der Waals surface area (Å²) < 4.78 is 0.938. The van der Waals surface area contributed by atoms with Crippen LogP contribution in [0.15, 0.2) is 119 Å². The molecule has 0 aliphatic heterocycles. The van der Waals surface area contributed by atoms with Crippen molar-refractivity contribution in [2.75, 3.05) is 5.32 Å². The Bertz CT molecular complexity index is 1610. The number of ketones is 1. The molecule has 4 aromatic rings. The lowest BCUT2D eigenvalue weighted by Crippen LogP contribution is -2.30. The van der Waals surface area contributed by atoms with Gasteiger partial charge < -0.3 is 10.6 Å². The zero-order valence-electron chi connectivity index (χ0n) is 20.9. The summed E-state index contributed by atoms with van der Waals surface area (Å²) in [5.41, 5.74) is 1.69. The molecule has 198 valence electrons. The number of carbonyl (C=O) groups excluding carboxylic acids is 3.